The van der Waals surface area contributed by atoms with Gasteiger partial charge in [0.2, 0.25) is 5.91 Å². The lowest BCUT2D eigenvalue weighted by Gasteiger charge is -2.33. The fourth-order valence-electron chi connectivity index (χ4n) is 3.48. The topological polar surface area (TPSA) is 97.1 Å². The van der Waals surface area contributed by atoms with Crippen LogP contribution in [0.4, 0.5) is 0 Å². The number of benzene rings is 1. The number of carbonyl (C=O) groups is 2. The van der Waals surface area contributed by atoms with E-state index in [0.717, 1.165) is 12.8 Å². The van der Waals surface area contributed by atoms with Crippen LogP contribution < -0.4 is 14.8 Å². The van der Waals surface area contributed by atoms with E-state index >= 15 is 0 Å². The van der Waals surface area contributed by atoms with Crippen LogP contribution in [0.15, 0.2) is 28.8 Å². The lowest BCUT2D eigenvalue weighted by Crippen LogP contribution is -2.51. The molecular weight excluding hydrogens is 388 g/mol. The van der Waals surface area contributed by atoms with Crippen molar-refractivity contribution in [2.45, 2.75) is 18.9 Å². The van der Waals surface area contributed by atoms with Crippen molar-refractivity contribution in [2.24, 2.45) is 0 Å². The second-order valence-corrected chi connectivity index (χ2v) is 7.55. The summed E-state index contributed by atoms with van der Waals surface area (Å²) >= 11 is 0. The van der Waals surface area contributed by atoms with Gasteiger partial charge >= 0.3 is 0 Å². The first-order valence-corrected chi connectivity index (χ1v) is 10.1. The first-order valence-electron chi connectivity index (χ1n) is 10.1. The van der Waals surface area contributed by atoms with E-state index in [1.165, 1.54) is 0 Å². The average molecular weight is 414 g/mol. The Hall–Kier alpha value is -3.07. The Bertz CT molecular complexity index is 916. The highest BCUT2D eigenvalue weighted by atomic mass is 16.5. The van der Waals surface area contributed by atoms with Gasteiger partial charge in [-0.3, -0.25) is 14.5 Å². The predicted molar refractivity (Wildman–Crippen MR) is 109 cm³/mol. The van der Waals surface area contributed by atoms with E-state index in [1.54, 1.807) is 43.4 Å². The largest absolute Gasteiger partial charge is 0.497 e. The number of rotatable bonds is 7. The molecule has 1 aliphatic heterocycles. The number of methoxy groups -OCH3 is 2. The summed E-state index contributed by atoms with van der Waals surface area (Å²) in [5, 5.41) is 6.96. The highest BCUT2D eigenvalue weighted by molar-refractivity contribution is 5.93. The van der Waals surface area contributed by atoms with E-state index in [1.807, 2.05) is 0 Å². The van der Waals surface area contributed by atoms with Crippen LogP contribution in [-0.2, 0) is 4.79 Å². The second kappa shape index (κ2) is 8.74. The minimum Gasteiger partial charge on any atom is -0.497 e. The smallest absolute Gasteiger partial charge is 0.276 e. The number of piperazine rings is 1. The Morgan fingerprint density at radius 2 is 1.90 bits per heavy atom. The van der Waals surface area contributed by atoms with E-state index in [0.29, 0.717) is 61.6 Å². The molecule has 0 bridgehead atoms. The van der Waals surface area contributed by atoms with Crippen molar-refractivity contribution < 1.29 is 23.6 Å². The monoisotopic (exact) mass is 414 g/mol. The first kappa shape index (κ1) is 20.2. The van der Waals surface area contributed by atoms with Crippen LogP contribution in [0, 0.1) is 0 Å². The molecule has 0 unspecified atom stereocenters. The van der Waals surface area contributed by atoms with Gasteiger partial charge < -0.3 is 24.2 Å². The molecule has 2 aromatic rings. The maximum Gasteiger partial charge on any atom is 0.276 e. The molecule has 30 heavy (non-hydrogen) atoms. The SMILES string of the molecule is COc1ccc(OC)c(-c2cc(C(=O)N3CCN(CC(=O)NC4CC4)CC3)no2)c1. The van der Waals surface area contributed by atoms with Gasteiger partial charge in [-0.05, 0) is 31.0 Å². The molecule has 9 heteroatoms. The van der Waals surface area contributed by atoms with Crippen molar-refractivity contribution in [2.75, 3.05) is 46.9 Å². The Kier molecular flexibility index (Phi) is 5.89. The number of nitrogens with one attached hydrogen (secondary N) is 1. The summed E-state index contributed by atoms with van der Waals surface area (Å²) in [5.74, 6) is 1.56. The summed E-state index contributed by atoms with van der Waals surface area (Å²) in [6.45, 7) is 2.76. The Balaban J connectivity index is 1.37. The molecule has 0 radical (unpaired) electrons. The summed E-state index contributed by atoms with van der Waals surface area (Å²) in [6, 6.07) is 7.32. The fourth-order valence-corrected chi connectivity index (χ4v) is 3.48. The molecule has 2 fully saturated rings. The van der Waals surface area contributed by atoms with E-state index in [2.05, 4.69) is 15.4 Å². The lowest BCUT2D eigenvalue weighted by molar-refractivity contribution is -0.122. The Labute approximate surface area is 174 Å². The number of hydrogen-bond donors (Lipinski definition) is 1. The second-order valence-electron chi connectivity index (χ2n) is 7.55. The molecule has 1 N–H and O–H groups in total. The van der Waals surface area contributed by atoms with Gasteiger partial charge in [-0.1, -0.05) is 5.16 Å². The van der Waals surface area contributed by atoms with Crippen molar-refractivity contribution >= 4 is 11.8 Å². The summed E-state index contributed by atoms with van der Waals surface area (Å²) in [4.78, 5) is 28.6. The van der Waals surface area contributed by atoms with Crippen LogP contribution in [0.2, 0.25) is 0 Å². The van der Waals surface area contributed by atoms with Gasteiger partial charge in [-0.25, -0.2) is 0 Å². The van der Waals surface area contributed by atoms with Gasteiger partial charge in [0, 0.05) is 38.3 Å². The molecule has 2 amide bonds. The number of hydrogen-bond acceptors (Lipinski definition) is 7. The highest BCUT2D eigenvalue weighted by Gasteiger charge is 2.28. The van der Waals surface area contributed by atoms with Gasteiger partial charge in [0.25, 0.3) is 5.91 Å². The summed E-state index contributed by atoms with van der Waals surface area (Å²) in [7, 11) is 3.15. The van der Waals surface area contributed by atoms with Crippen molar-refractivity contribution in [1.82, 2.24) is 20.3 Å². The maximum atomic E-state index is 12.9. The minimum absolute atomic E-state index is 0.0608. The molecule has 1 aromatic heterocycles. The normalized spacial score (nSPS) is 16.9. The third-order valence-electron chi connectivity index (χ3n) is 5.37. The van der Waals surface area contributed by atoms with Crippen molar-refractivity contribution in [3.8, 4) is 22.8 Å². The van der Waals surface area contributed by atoms with Crippen molar-refractivity contribution in [3.05, 3.63) is 30.0 Å². The quantitative estimate of drug-likeness (QED) is 0.731. The molecule has 2 aliphatic rings. The first-order chi connectivity index (χ1) is 14.6. The van der Waals surface area contributed by atoms with Gasteiger partial charge in [-0.15, -0.1) is 0 Å². The number of amides is 2. The van der Waals surface area contributed by atoms with Gasteiger partial charge in [0.1, 0.15) is 11.5 Å². The lowest BCUT2D eigenvalue weighted by atomic mass is 10.1. The van der Waals surface area contributed by atoms with Crippen molar-refractivity contribution in [1.29, 1.82) is 0 Å². The van der Waals surface area contributed by atoms with E-state index < -0.39 is 0 Å². The molecule has 1 saturated heterocycles. The molecule has 1 saturated carbocycles. The summed E-state index contributed by atoms with van der Waals surface area (Å²) in [6.07, 6.45) is 2.16. The molecule has 9 nitrogen and oxygen atoms in total. The van der Waals surface area contributed by atoms with Crippen LogP contribution in [0.1, 0.15) is 23.3 Å². The molecule has 0 spiro atoms. The number of aromatic nitrogens is 1. The average Bonchev–Trinajstić information content (AvgIpc) is 3.44. The maximum absolute atomic E-state index is 12.9. The van der Waals surface area contributed by atoms with Gasteiger partial charge in [-0.2, -0.15) is 0 Å². The third-order valence-corrected chi connectivity index (χ3v) is 5.37. The number of ether oxygens (including phenoxy) is 2. The van der Waals surface area contributed by atoms with Crippen molar-refractivity contribution in [3.63, 3.8) is 0 Å². The zero-order valence-electron chi connectivity index (χ0n) is 17.2. The van der Waals surface area contributed by atoms with Gasteiger partial charge in [0.15, 0.2) is 11.5 Å². The van der Waals surface area contributed by atoms with Crippen LogP contribution in [0.3, 0.4) is 0 Å². The highest BCUT2D eigenvalue weighted by Crippen LogP contribution is 2.34. The molecule has 1 aliphatic carbocycles. The zero-order valence-corrected chi connectivity index (χ0v) is 17.2. The fraction of sp³-hybridized carbons (Fsp3) is 0.476. The molecule has 160 valence electrons. The zero-order chi connectivity index (χ0) is 21.1. The molecule has 1 aromatic carbocycles. The Morgan fingerprint density at radius 3 is 2.57 bits per heavy atom. The molecule has 2 heterocycles. The van der Waals surface area contributed by atoms with Gasteiger partial charge in [0.05, 0.1) is 26.3 Å². The predicted octanol–water partition coefficient (Wildman–Crippen LogP) is 1.40. The number of carbonyl (C=O) groups excluding carboxylic acids is 2. The van der Waals surface area contributed by atoms with Crippen LogP contribution in [0.25, 0.3) is 11.3 Å². The van der Waals surface area contributed by atoms with Crippen LogP contribution in [0.5, 0.6) is 11.5 Å². The van der Waals surface area contributed by atoms with Crippen LogP contribution in [-0.4, -0.2) is 79.8 Å². The molecular formula is C21H26N4O5. The standard InChI is InChI=1S/C21H26N4O5/c1-28-15-5-6-18(29-2)16(11-15)19-12-17(23-30-19)21(27)25-9-7-24(8-10-25)13-20(26)22-14-3-4-14/h5-6,11-12,14H,3-4,7-10,13H2,1-2H3,(H,22,26). The third kappa shape index (κ3) is 4.56. The van der Waals surface area contributed by atoms with E-state index in [-0.39, 0.29) is 17.5 Å². The summed E-state index contributed by atoms with van der Waals surface area (Å²) in [5.41, 5.74) is 0.907. The Morgan fingerprint density at radius 1 is 1.13 bits per heavy atom. The molecule has 4 rings (SSSR count). The number of nitrogens with zero attached hydrogens (tertiary/aromatic N) is 3. The van der Waals surface area contributed by atoms with Crippen LogP contribution >= 0.6 is 0 Å². The van der Waals surface area contributed by atoms with E-state index in [4.69, 9.17) is 14.0 Å². The molecule has 0 atom stereocenters. The minimum atomic E-state index is -0.186. The summed E-state index contributed by atoms with van der Waals surface area (Å²) < 4.78 is 16.1. The van der Waals surface area contributed by atoms with E-state index in [9.17, 15) is 9.59 Å².